The third-order valence-corrected chi connectivity index (χ3v) is 0. The fourth-order valence-electron chi connectivity index (χ4n) is 0. The van der Waals surface area contributed by atoms with Crippen LogP contribution >= 0.6 is 0 Å². The summed E-state index contributed by atoms with van der Waals surface area (Å²) in [5, 5.41) is 26.7. The summed E-state index contributed by atoms with van der Waals surface area (Å²) in [6.45, 7) is 2.92. The molecule has 0 spiro atoms. The molecule has 0 aliphatic rings. The molecular formula is C6H16O9Pb. The summed E-state index contributed by atoms with van der Waals surface area (Å²) in [4.78, 5) is 26.7. The Labute approximate surface area is 112 Å². The molecule has 0 aromatic heterocycles. The second-order valence-corrected chi connectivity index (χ2v) is 1.47. The SMILES string of the molecule is CC(=O)[O-].CC(=O)[O-].CC(=O)[O-].O.O.O.[PbH+3]. The summed E-state index contributed by atoms with van der Waals surface area (Å²) in [7, 11) is 0. The van der Waals surface area contributed by atoms with Gasteiger partial charge in [-0.05, 0) is 20.8 Å². The third-order valence-electron chi connectivity index (χ3n) is 0. The van der Waals surface area contributed by atoms with Gasteiger partial charge in [-0.1, -0.05) is 0 Å². The Kier molecular flexibility index (Phi) is 105. The van der Waals surface area contributed by atoms with E-state index in [1.807, 2.05) is 0 Å². The fourth-order valence-corrected chi connectivity index (χ4v) is 0. The van der Waals surface area contributed by atoms with Gasteiger partial charge in [-0.2, -0.15) is 0 Å². The van der Waals surface area contributed by atoms with Crippen molar-refractivity contribution in [2.24, 2.45) is 0 Å². The summed E-state index contributed by atoms with van der Waals surface area (Å²) < 4.78 is 0. The molecule has 0 aliphatic carbocycles. The minimum atomic E-state index is -1.08. The summed E-state index contributed by atoms with van der Waals surface area (Å²) >= 11 is 0. The first-order valence-corrected chi connectivity index (χ1v) is 2.72. The molecule has 0 aliphatic heterocycles. The zero-order valence-corrected chi connectivity index (χ0v) is 13.5. The van der Waals surface area contributed by atoms with E-state index in [0.717, 1.165) is 20.8 Å². The van der Waals surface area contributed by atoms with E-state index < -0.39 is 17.9 Å². The molecule has 0 heterocycles. The van der Waals surface area contributed by atoms with E-state index in [-0.39, 0.29) is 43.7 Å². The Morgan fingerprint density at radius 1 is 0.625 bits per heavy atom. The topological polar surface area (TPSA) is 215 Å². The first-order valence-electron chi connectivity index (χ1n) is 2.72. The number of carboxylic acids is 3. The van der Waals surface area contributed by atoms with E-state index in [4.69, 9.17) is 29.7 Å². The van der Waals surface area contributed by atoms with Gasteiger partial charge in [-0.15, -0.1) is 0 Å². The Morgan fingerprint density at radius 2 is 0.625 bits per heavy atom. The number of hydrogen-bond acceptors (Lipinski definition) is 6. The summed E-state index contributed by atoms with van der Waals surface area (Å²) in [6, 6.07) is 0. The van der Waals surface area contributed by atoms with Crippen LogP contribution in [0, 0.1) is 0 Å². The summed E-state index contributed by atoms with van der Waals surface area (Å²) in [5.74, 6) is -3.25. The number of hydrogen-bond donors (Lipinski definition) is 0. The molecule has 98 valence electrons. The van der Waals surface area contributed by atoms with Gasteiger partial charge in [0.15, 0.2) is 0 Å². The average molecular weight is 439 g/mol. The third kappa shape index (κ3) is 3170. The zero-order valence-electron chi connectivity index (χ0n) is 9.03. The van der Waals surface area contributed by atoms with Crippen molar-refractivity contribution in [1.29, 1.82) is 0 Å². The van der Waals surface area contributed by atoms with Gasteiger partial charge in [-0.3, -0.25) is 0 Å². The van der Waals surface area contributed by atoms with Gasteiger partial charge in [0.1, 0.15) is 0 Å². The van der Waals surface area contributed by atoms with Crippen LogP contribution in [0.2, 0.25) is 0 Å². The van der Waals surface area contributed by atoms with Crippen LogP contribution in [-0.4, -0.2) is 61.6 Å². The van der Waals surface area contributed by atoms with Gasteiger partial charge in [0.2, 0.25) is 0 Å². The van der Waals surface area contributed by atoms with Crippen molar-refractivity contribution in [3.05, 3.63) is 0 Å². The van der Waals surface area contributed by atoms with Crippen LogP contribution in [0.5, 0.6) is 0 Å². The van der Waals surface area contributed by atoms with Crippen molar-refractivity contribution < 1.29 is 46.1 Å². The number of carbonyl (C=O) groups is 3. The number of carbonyl (C=O) groups excluding carboxylic acids is 3. The van der Waals surface area contributed by atoms with E-state index in [1.54, 1.807) is 0 Å². The van der Waals surface area contributed by atoms with Crippen molar-refractivity contribution in [1.82, 2.24) is 0 Å². The average Bonchev–Trinajstić information content (AvgIpc) is 1.54. The van der Waals surface area contributed by atoms with E-state index >= 15 is 0 Å². The van der Waals surface area contributed by atoms with Gasteiger partial charge in [0.05, 0.1) is 0 Å². The van der Waals surface area contributed by atoms with Crippen LogP contribution in [0.4, 0.5) is 0 Å². The maximum atomic E-state index is 8.89. The molecule has 6 N–H and O–H groups in total. The Hall–Kier alpha value is -0.788. The zero-order chi connectivity index (χ0) is 10.7. The second-order valence-electron chi connectivity index (χ2n) is 1.47. The molecule has 0 fully saturated rings. The van der Waals surface area contributed by atoms with Gasteiger partial charge < -0.3 is 46.1 Å². The molecule has 0 radical (unpaired) electrons. The van der Waals surface area contributed by atoms with Crippen molar-refractivity contribution in [3.63, 3.8) is 0 Å². The minimum absolute atomic E-state index is 0. The van der Waals surface area contributed by atoms with Gasteiger partial charge in [0, 0.05) is 17.9 Å². The van der Waals surface area contributed by atoms with Crippen molar-refractivity contribution in [2.75, 3.05) is 0 Å². The van der Waals surface area contributed by atoms with Crippen LogP contribution < -0.4 is 15.3 Å². The monoisotopic (exact) mass is 440 g/mol. The molecule has 0 rings (SSSR count). The van der Waals surface area contributed by atoms with Gasteiger partial charge in [-0.25, -0.2) is 0 Å². The molecular weight excluding hydrogens is 423 g/mol. The van der Waals surface area contributed by atoms with Gasteiger partial charge >= 0.3 is 27.3 Å². The fraction of sp³-hybridized carbons (Fsp3) is 0.500. The summed E-state index contributed by atoms with van der Waals surface area (Å²) in [6.07, 6.45) is 0. The van der Waals surface area contributed by atoms with Crippen molar-refractivity contribution in [2.45, 2.75) is 20.8 Å². The van der Waals surface area contributed by atoms with Crippen LogP contribution in [0.15, 0.2) is 0 Å². The van der Waals surface area contributed by atoms with E-state index in [2.05, 4.69) is 0 Å². The van der Waals surface area contributed by atoms with Crippen LogP contribution in [-0.2, 0) is 14.4 Å². The summed E-state index contributed by atoms with van der Waals surface area (Å²) in [5.41, 5.74) is 0. The first-order chi connectivity index (χ1) is 5.20. The Balaban J connectivity index is -0.0000000135. The first kappa shape index (κ1) is 45.6. The van der Waals surface area contributed by atoms with Gasteiger partial charge in [0.25, 0.3) is 0 Å². The Bertz CT molecular complexity index is 118. The molecule has 10 heteroatoms. The van der Waals surface area contributed by atoms with E-state index in [1.165, 1.54) is 0 Å². The van der Waals surface area contributed by atoms with E-state index in [0.29, 0.717) is 0 Å². The molecule has 16 heavy (non-hydrogen) atoms. The molecule has 0 aromatic carbocycles. The molecule has 0 bridgehead atoms. The molecule has 0 atom stereocenters. The Morgan fingerprint density at radius 3 is 0.625 bits per heavy atom. The standard InChI is InChI=1S/3C2H4O2.3H2O.Pb.H/c3*1-2(3)4;;;;;/h3*1H3,(H,3,4);3*1H2;;/q;;;;;;+3;/p-3. The normalized spacial score (nSPS) is 4.69. The molecule has 0 unspecified atom stereocenters. The molecule has 0 saturated carbocycles. The number of aliphatic carboxylic acids is 3. The van der Waals surface area contributed by atoms with Crippen LogP contribution in [0.25, 0.3) is 0 Å². The van der Waals surface area contributed by atoms with Crippen LogP contribution in [0.1, 0.15) is 20.8 Å². The molecule has 0 saturated heterocycles. The number of rotatable bonds is 0. The van der Waals surface area contributed by atoms with E-state index in [9.17, 15) is 0 Å². The quantitative estimate of drug-likeness (QED) is 0.334. The molecule has 9 nitrogen and oxygen atoms in total. The van der Waals surface area contributed by atoms with Crippen molar-refractivity contribution >= 4 is 45.2 Å². The van der Waals surface area contributed by atoms with Crippen molar-refractivity contribution in [3.8, 4) is 0 Å². The molecule has 0 aromatic rings. The number of carboxylic acid groups (broad SMARTS) is 3. The maximum absolute atomic E-state index is 8.89. The predicted molar refractivity (Wildman–Crippen MR) is 50.0 cm³/mol. The second kappa shape index (κ2) is 36.8. The van der Waals surface area contributed by atoms with Crippen LogP contribution in [0.3, 0.4) is 0 Å². The predicted octanol–water partition coefficient (Wildman–Crippen LogP) is -6.85. The molecule has 0 amide bonds.